The largest absolute Gasteiger partial charge is 0.493 e. The van der Waals surface area contributed by atoms with Gasteiger partial charge in [0.1, 0.15) is 0 Å². The van der Waals surface area contributed by atoms with Crippen LogP contribution in [0.25, 0.3) is 6.08 Å². The quantitative estimate of drug-likeness (QED) is 0.644. The molecular formula is C15H20N2O3S. The summed E-state index contributed by atoms with van der Waals surface area (Å²) in [5.74, 6) is 0.960. The van der Waals surface area contributed by atoms with E-state index in [1.54, 1.807) is 32.4 Å². The molecule has 0 saturated carbocycles. The van der Waals surface area contributed by atoms with Gasteiger partial charge < -0.3 is 14.8 Å². The second-order valence-electron chi connectivity index (χ2n) is 4.57. The third kappa shape index (κ3) is 5.83. The lowest BCUT2D eigenvalue weighted by molar-refractivity contribution is -0.115. The van der Waals surface area contributed by atoms with Gasteiger partial charge in [-0.3, -0.25) is 10.1 Å². The molecule has 1 amide bonds. The van der Waals surface area contributed by atoms with E-state index in [9.17, 15) is 4.79 Å². The van der Waals surface area contributed by atoms with Gasteiger partial charge in [0.05, 0.1) is 14.2 Å². The fraction of sp³-hybridized carbons (Fsp3) is 0.333. The van der Waals surface area contributed by atoms with Crippen molar-refractivity contribution >= 4 is 29.3 Å². The zero-order valence-electron chi connectivity index (χ0n) is 12.6. The molecule has 114 valence electrons. The molecule has 0 spiro atoms. The zero-order chi connectivity index (χ0) is 15.8. The van der Waals surface area contributed by atoms with Crippen LogP contribution in [-0.4, -0.2) is 31.3 Å². The number of carbonyl (C=O) groups excluding carboxylic acids is 1. The number of rotatable bonds is 5. The smallest absolute Gasteiger partial charge is 0.250 e. The number of hydrogen-bond donors (Lipinski definition) is 2. The Morgan fingerprint density at radius 1 is 1.24 bits per heavy atom. The van der Waals surface area contributed by atoms with Crippen molar-refractivity contribution in [2.45, 2.75) is 19.9 Å². The molecule has 1 rings (SSSR count). The van der Waals surface area contributed by atoms with Gasteiger partial charge in [-0.1, -0.05) is 6.07 Å². The number of carbonyl (C=O) groups is 1. The molecule has 6 heteroatoms. The lowest BCUT2D eigenvalue weighted by Gasteiger charge is -2.10. The molecule has 0 aliphatic rings. The lowest BCUT2D eigenvalue weighted by Crippen LogP contribution is -2.41. The van der Waals surface area contributed by atoms with Crippen molar-refractivity contribution in [2.24, 2.45) is 0 Å². The van der Waals surface area contributed by atoms with Crippen molar-refractivity contribution in [3.8, 4) is 11.5 Å². The average molecular weight is 308 g/mol. The Morgan fingerprint density at radius 2 is 1.90 bits per heavy atom. The van der Waals surface area contributed by atoms with Gasteiger partial charge in [-0.15, -0.1) is 0 Å². The minimum Gasteiger partial charge on any atom is -0.493 e. The molecule has 0 aliphatic heterocycles. The average Bonchev–Trinajstić information content (AvgIpc) is 2.43. The summed E-state index contributed by atoms with van der Waals surface area (Å²) < 4.78 is 10.4. The van der Waals surface area contributed by atoms with Crippen molar-refractivity contribution in [3.63, 3.8) is 0 Å². The third-order valence-electron chi connectivity index (χ3n) is 2.49. The first-order valence-electron chi connectivity index (χ1n) is 6.48. The maximum Gasteiger partial charge on any atom is 0.250 e. The molecule has 1 aromatic carbocycles. The van der Waals surface area contributed by atoms with Crippen LogP contribution in [0.4, 0.5) is 0 Å². The van der Waals surface area contributed by atoms with E-state index in [-0.39, 0.29) is 11.9 Å². The maximum atomic E-state index is 11.7. The van der Waals surface area contributed by atoms with Crippen molar-refractivity contribution in [1.82, 2.24) is 10.6 Å². The molecule has 0 fully saturated rings. The molecule has 0 atom stereocenters. The highest BCUT2D eigenvalue weighted by atomic mass is 32.1. The molecule has 5 nitrogen and oxygen atoms in total. The van der Waals surface area contributed by atoms with Gasteiger partial charge in [0.25, 0.3) is 0 Å². The van der Waals surface area contributed by atoms with Gasteiger partial charge in [-0.05, 0) is 49.8 Å². The molecule has 1 aromatic rings. The van der Waals surface area contributed by atoms with Crippen molar-refractivity contribution in [3.05, 3.63) is 29.8 Å². The summed E-state index contributed by atoms with van der Waals surface area (Å²) in [5, 5.41) is 5.82. The first-order chi connectivity index (χ1) is 9.96. The van der Waals surface area contributed by atoms with Gasteiger partial charge in [-0.25, -0.2) is 0 Å². The van der Waals surface area contributed by atoms with E-state index in [0.29, 0.717) is 16.6 Å². The van der Waals surface area contributed by atoms with Crippen LogP contribution in [0, 0.1) is 0 Å². The number of benzene rings is 1. The highest BCUT2D eigenvalue weighted by Crippen LogP contribution is 2.27. The molecule has 2 N–H and O–H groups in total. The van der Waals surface area contributed by atoms with E-state index in [4.69, 9.17) is 21.7 Å². The van der Waals surface area contributed by atoms with Crippen LogP contribution in [0.5, 0.6) is 11.5 Å². The van der Waals surface area contributed by atoms with Gasteiger partial charge in [-0.2, -0.15) is 0 Å². The Bertz CT molecular complexity index is 542. The Labute approximate surface area is 130 Å². The Balaban J connectivity index is 2.68. The number of methoxy groups -OCH3 is 2. The van der Waals surface area contributed by atoms with E-state index in [1.165, 1.54) is 6.08 Å². The number of nitrogens with one attached hydrogen (secondary N) is 2. The van der Waals surface area contributed by atoms with Gasteiger partial charge >= 0.3 is 0 Å². The van der Waals surface area contributed by atoms with Gasteiger partial charge in [0.2, 0.25) is 5.91 Å². The van der Waals surface area contributed by atoms with E-state index in [0.717, 1.165) is 5.56 Å². The van der Waals surface area contributed by atoms with E-state index in [2.05, 4.69) is 10.6 Å². The molecule has 0 radical (unpaired) electrons. The van der Waals surface area contributed by atoms with Gasteiger partial charge in [0, 0.05) is 12.1 Å². The highest BCUT2D eigenvalue weighted by Gasteiger charge is 2.04. The summed E-state index contributed by atoms with van der Waals surface area (Å²) in [6, 6.07) is 5.57. The molecule has 0 bridgehead atoms. The fourth-order valence-corrected chi connectivity index (χ4v) is 1.92. The zero-order valence-corrected chi connectivity index (χ0v) is 13.4. The number of amides is 1. The van der Waals surface area contributed by atoms with Crippen molar-refractivity contribution in [1.29, 1.82) is 0 Å². The van der Waals surface area contributed by atoms with E-state index >= 15 is 0 Å². The number of hydrogen-bond acceptors (Lipinski definition) is 4. The molecule has 0 aliphatic carbocycles. The van der Waals surface area contributed by atoms with E-state index < -0.39 is 0 Å². The summed E-state index contributed by atoms with van der Waals surface area (Å²) >= 11 is 5.00. The predicted molar refractivity (Wildman–Crippen MR) is 87.6 cm³/mol. The Morgan fingerprint density at radius 3 is 2.48 bits per heavy atom. The van der Waals surface area contributed by atoms with Crippen LogP contribution in [0.2, 0.25) is 0 Å². The maximum absolute atomic E-state index is 11.7. The first kappa shape index (κ1) is 17.0. The molecule has 21 heavy (non-hydrogen) atoms. The van der Waals surface area contributed by atoms with Crippen molar-refractivity contribution < 1.29 is 14.3 Å². The molecule has 0 heterocycles. The van der Waals surface area contributed by atoms with E-state index in [1.807, 2.05) is 19.9 Å². The SMILES string of the molecule is COc1ccc(/C=C\C(=O)NC(=S)NC(C)C)cc1OC. The van der Waals surface area contributed by atoms with Crippen LogP contribution in [0.3, 0.4) is 0 Å². The summed E-state index contributed by atoms with van der Waals surface area (Å²) in [4.78, 5) is 11.7. The summed E-state index contributed by atoms with van der Waals surface area (Å²) in [6.45, 7) is 3.88. The molecule has 0 aromatic heterocycles. The molecular weight excluding hydrogens is 288 g/mol. The second-order valence-corrected chi connectivity index (χ2v) is 4.97. The minimum atomic E-state index is -0.289. The van der Waals surface area contributed by atoms with Crippen LogP contribution < -0.4 is 20.1 Å². The monoisotopic (exact) mass is 308 g/mol. The molecule has 0 unspecified atom stereocenters. The highest BCUT2D eigenvalue weighted by molar-refractivity contribution is 7.80. The predicted octanol–water partition coefficient (Wildman–Crippen LogP) is 2.12. The standard InChI is InChI=1S/C15H20N2O3S/c1-10(2)16-15(21)17-14(18)8-6-11-5-7-12(19-3)13(9-11)20-4/h5-10H,1-4H3,(H2,16,17,18,21)/b8-6-. The normalized spacial score (nSPS) is 10.5. The van der Waals surface area contributed by atoms with Crippen LogP contribution in [-0.2, 0) is 4.79 Å². The minimum absolute atomic E-state index is 0.174. The second kappa shape index (κ2) is 8.26. The van der Waals surface area contributed by atoms with Gasteiger partial charge in [0.15, 0.2) is 16.6 Å². The lowest BCUT2D eigenvalue weighted by atomic mass is 10.2. The summed E-state index contributed by atoms with van der Waals surface area (Å²) in [7, 11) is 3.14. The molecule has 0 saturated heterocycles. The summed E-state index contributed by atoms with van der Waals surface area (Å²) in [6.07, 6.45) is 3.09. The van der Waals surface area contributed by atoms with Crippen LogP contribution >= 0.6 is 12.2 Å². The first-order valence-corrected chi connectivity index (χ1v) is 6.88. The van der Waals surface area contributed by atoms with Crippen LogP contribution in [0.1, 0.15) is 19.4 Å². The number of ether oxygens (including phenoxy) is 2. The Kier molecular flexibility index (Phi) is 6.68. The number of thiocarbonyl (C=S) groups is 1. The fourth-order valence-electron chi connectivity index (χ4n) is 1.58. The summed E-state index contributed by atoms with van der Waals surface area (Å²) in [5.41, 5.74) is 0.825. The topological polar surface area (TPSA) is 59.6 Å². The van der Waals surface area contributed by atoms with Crippen LogP contribution in [0.15, 0.2) is 24.3 Å². The van der Waals surface area contributed by atoms with Crippen molar-refractivity contribution in [2.75, 3.05) is 14.2 Å². The third-order valence-corrected chi connectivity index (χ3v) is 2.71. The Hall–Kier alpha value is -2.08.